The third-order valence-corrected chi connectivity index (χ3v) is 7.39. The molecule has 24 heavy (non-hydrogen) atoms. The molecule has 0 amide bonds. The van der Waals surface area contributed by atoms with E-state index in [0.717, 1.165) is 0 Å². The molecule has 1 aliphatic heterocycles. The first kappa shape index (κ1) is 19.3. The summed E-state index contributed by atoms with van der Waals surface area (Å²) in [6, 6.07) is 17.7. The molecule has 128 valence electrons. The highest BCUT2D eigenvalue weighted by Gasteiger charge is 2.37. The van der Waals surface area contributed by atoms with Crippen molar-refractivity contribution >= 4 is 22.7 Å². The van der Waals surface area contributed by atoms with E-state index in [9.17, 15) is 0 Å². The highest BCUT2D eigenvalue weighted by molar-refractivity contribution is 8.05. The number of allylic oxidation sites excluding steroid dienone is 2. The number of halogens is 1. The Kier molecular flexibility index (Phi) is 6.39. The van der Waals surface area contributed by atoms with Crippen molar-refractivity contribution in [2.24, 2.45) is 0 Å². The summed E-state index contributed by atoms with van der Waals surface area (Å²) in [5.41, 5.74) is 1.43. The molecule has 0 aliphatic carbocycles. The Morgan fingerprint density at radius 2 is 1.17 bits per heavy atom. The molecule has 7 heteroatoms. The fraction of sp³-hybridized carbons (Fsp3) is 0.176. The second-order valence-electron chi connectivity index (χ2n) is 5.24. The van der Waals surface area contributed by atoms with Crippen LogP contribution in [-0.2, 0) is 10.9 Å². The van der Waals surface area contributed by atoms with Gasteiger partial charge >= 0.3 is 0 Å². The summed E-state index contributed by atoms with van der Waals surface area (Å²) in [5.74, 6) is 0. The van der Waals surface area contributed by atoms with Crippen LogP contribution in [0.5, 0.6) is 0 Å². The fourth-order valence-electron chi connectivity index (χ4n) is 2.18. The highest BCUT2D eigenvalue weighted by atomic mass is 35.7. The minimum atomic E-state index is -4.94. The standard InChI is InChI=1S/C17H17S2.ClHO4/c1-12(2)13(3)19-16-10-6-4-8-14(16)18-15-9-5-7-11-17(15)19;2-1(3,4)5/h4-11H,1-3H3;(H,2,3,4,5)/q+1;/p-1. The minimum absolute atomic E-state index is 0.0894. The van der Waals surface area contributed by atoms with E-state index in [4.69, 9.17) is 18.6 Å². The summed E-state index contributed by atoms with van der Waals surface area (Å²) in [5, 5.41) is 0. The quantitative estimate of drug-likeness (QED) is 0.676. The van der Waals surface area contributed by atoms with Crippen molar-refractivity contribution in [1.29, 1.82) is 0 Å². The Balaban J connectivity index is 0.000000368. The largest absolute Gasteiger partial charge is 0.222 e. The smallest absolute Gasteiger partial charge is 0.180 e. The zero-order valence-corrected chi connectivity index (χ0v) is 15.8. The fourth-order valence-corrected chi connectivity index (χ4v) is 6.07. The first-order valence-electron chi connectivity index (χ1n) is 7.04. The van der Waals surface area contributed by atoms with Crippen LogP contribution < -0.4 is 18.6 Å². The molecule has 3 rings (SSSR count). The third-order valence-electron chi connectivity index (χ3n) is 3.37. The van der Waals surface area contributed by atoms with Crippen LogP contribution in [0.15, 0.2) is 78.6 Å². The van der Waals surface area contributed by atoms with Crippen LogP contribution in [0.25, 0.3) is 0 Å². The monoisotopic (exact) mass is 384 g/mol. The maximum Gasteiger partial charge on any atom is 0.180 e. The van der Waals surface area contributed by atoms with Gasteiger partial charge in [0.2, 0.25) is 0 Å². The molecule has 2 aromatic rings. The molecule has 0 saturated heterocycles. The molecule has 0 unspecified atom stereocenters. The second kappa shape index (κ2) is 7.93. The molecule has 1 aliphatic rings. The summed E-state index contributed by atoms with van der Waals surface area (Å²) in [6.45, 7) is 6.71. The summed E-state index contributed by atoms with van der Waals surface area (Å²) >= 11 is 1.90. The number of hydrogen-bond donors (Lipinski definition) is 0. The van der Waals surface area contributed by atoms with Crippen molar-refractivity contribution < 1.29 is 28.9 Å². The summed E-state index contributed by atoms with van der Waals surface area (Å²) < 4.78 is 34.0. The van der Waals surface area contributed by atoms with E-state index in [1.54, 1.807) is 0 Å². The Labute approximate surface area is 150 Å². The Morgan fingerprint density at radius 1 is 0.792 bits per heavy atom. The molecule has 0 bridgehead atoms. The average Bonchev–Trinajstić information content (AvgIpc) is 2.50. The molecule has 0 spiro atoms. The van der Waals surface area contributed by atoms with Crippen molar-refractivity contribution in [1.82, 2.24) is 0 Å². The first-order chi connectivity index (χ1) is 11.2. The van der Waals surface area contributed by atoms with E-state index >= 15 is 0 Å². The Morgan fingerprint density at radius 3 is 1.54 bits per heavy atom. The van der Waals surface area contributed by atoms with Gasteiger partial charge in [0.1, 0.15) is 4.91 Å². The molecule has 0 radical (unpaired) electrons. The van der Waals surface area contributed by atoms with Crippen molar-refractivity contribution in [3.8, 4) is 0 Å². The minimum Gasteiger partial charge on any atom is -0.222 e. The number of benzene rings is 2. The Bertz CT molecular complexity index is 701. The average molecular weight is 385 g/mol. The molecule has 0 aromatic heterocycles. The van der Waals surface area contributed by atoms with Crippen LogP contribution in [0.1, 0.15) is 20.8 Å². The van der Waals surface area contributed by atoms with Gasteiger partial charge in [-0.15, -0.1) is 10.2 Å². The lowest BCUT2D eigenvalue weighted by Crippen LogP contribution is -2.68. The summed E-state index contributed by atoms with van der Waals surface area (Å²) in [4.78, 5) is 7.27. The maximum atomic E-state index is 8.49. The lowest BCUT2D eigenvalue weighted by molar-refractivity contribution is -2.00. The zero-order valence-electron chi connectivity index (χ0n) is 13.4. The molecular formula is C17H17ClO4S2. The lowest BCUT2D eigenvalue weighted by atomic mass is 10.3. The van der Waals surface area contributed by atoms with Crippen molar-refractivity contribution in [3.63, 3.8) is 0 Å². The predicted molar refractivity (Wildman–Crippen MR) is 85.0 cm³/mol. The summed E-state index contributed by atoms with van der Waals surface area (Å²) in [6.07, 6.45) is 0. The van der Waals surface area contributed by atoms with Gasteiger partial charge in [0, 0.05) is 6.92 Å². The van der Waals surface area contributed by atoms with Gasteiger partial charge in [-0.1, -0.05) is 36.0 Å². The van der Waals surface area contributed by atoms with Gasteiger partial charge in [-0.3, -0.25) is 0 Å². The van der Waals surface area contributed by atoms with Gasteiger partial charge in [-0.2, -0.15) is 0 Å². The van der Waals surface area contributed by atoms with Crippen molar-refractivity contribution in [2.45, 2.75) is 40.4 Å². The van der Waals surface area contributed by atoms with E-state index in [0.29, 0.717) is 0 Å². The third kappa shape index (κ3) is 5.00. The molecule has 2 aromatic carbocycles. The second-order valence-corrected chi connectivity index (χ2v) is 9.18. The van der Waals surface area contributed by atoms with Gasteiger partial charge in [0.15, 0.2) is 9.79 Å². The van der Waals surface area contributed by atoms with Gasteiger partial charge in [0.25, 0.3) is 0 Å². The molecule has 1 heterocycles. The van der Waals surface area contributed by atoms with E-state index in [2.05, 4.69) is 69.3 Å². The molecule has 0 N–H and O–H groups in total. The Hall–Kier alpha value is -0.990. The van der Waals surface area contributed by atoms with Gasteiger partial charge in [0.05, 0.1) is 20.7 Å². The van der Waals surface area contributed by atoms with Crippen LogP contribution in [0.2, 0.25) is 0 Å². The highest BCUT2D eigenvalue weighted by Crippen LogP contribution is 2.48. The van der Waals surface area contributed by atoms with Crippen LogP contribution >= 0.6 is 11.8 Å². The van der Waals surface area contributed by atoms with Crippen LogP contribution in [0.3, 0.4) is 0 Å². The zero-order chi connectivity index (χ0) is 17.9. The van der Waals surface area contributed by atoms with E-state index in [-0.39, 0.29) is 10.9 Å². The van der Waals surface area contributed by atoms with Crippen molar-refractivity contribution in [2.75, 3.05) is 0 Å². The van der Waals surface area contributed by atoms with E-state index < -0.39 is 10.2 Å². The SMILES string of the molecule is CC(C)=C(C)[S+]1c2ccccc2Sc2ccccc21.[O-][Cl+3]([O-])([O-])[O-]. The maximum absolute atomic E-state index is 8.49. The molecule has 4 nitrogen and oxygen atoms in total. The van der Waals surface area contributed by atoms with Crippen LogP contribution in [0, 0.1) is 10.2 Å². The van der Waals surface area contributed by atoms with E-state index in [1.807, 2.05) is 11.8 Å². The van der Waals surface area contributed by atoms with Gasteiger partial charge in [-0.05, 0) is 43.7 Å². The number of fused-ring (bicyclic) bond motifs is 2. The van der Waals surface area contributed by atoms with Gasteiger partial charge < -0.3 is 0 Å². The van der Waals surface area contributed by atoms with E-state index in [1.165, 1.54) is 30.1 Å². The van der Waals surface area contributed by atoms with Crippen molar-refractivity contribution in [3.05, 3.63) is 59.0 Å². The normalized spacial score (nSPS) is 13.3. The molecule has 0 atom stereocenters. The molecular weight excluding hydrogens is 368 g/mol. The lowest BCUT2D eigenvalue weighted by Gasteiger charge is -2.19. The number of hydrogen-bond acceptors (Lipinski definition) is 5. The number of rotatable bonds is 1. The van der Waals surface area contributed by atoms with Crippen LogP contribution in [-0.4, -0.2) is 0 Å². The summed E-state index contributed by atoms with van der Waals surface area (Å²) in [7, 11) is -4.86. The van der Waals surface area contributed by atoms with Gasteiger partial charge in [-0.25, -0.2) is 18.6 Å². The molecule has 0 saturated carbocycles. The topological polar surface area (TPSA) is 92.2 Å². The molecule has 0 fully saturated rings. The first-order valence-corrected chi connectivity index (χ1v) is 10.3. The van der Waals surface area contributed by atoms with Crippen LogP contribution in [0.4, 0.5) is 0 Å². The predicted octanol–water partition coefficient (Wildman–Crippen LogP) is 0.745.